The summed E-state index contributed by atoms with van der Waals surface area (Å²) in [4.78, 5) is 3.61. The fraction of sp³-hybridized carbons (Fsp3) is 0.0455. The number of anilines is 1. The molecule has 1 heterocycles. The summed E-state index contributed by atoms with van der Waals surface area (Å²) in [5.74, 6) is 0.196. The summed E-state index contributed by atoms with van der Waals surface area (Å²) in [6.45, 7) is 7.22. The lowest BCUT2D eigenvalue weighted by atomic mass is 10.2. The van der Waals surface area contributed by atoms with Gasteiger partial charge in [0.1, 0.15) is 5.58 Å². The second-order valence-corrected chi connectivity index (χ2v) is 9.51. The number of sulfonamides is 1. The van der Waals surface area contributed by atoms with Gasteiger partial charge in [-0.05, 0) is 23.8 Å². The van der Waals surface area contributed by atoms with Crippen LogP contribution in [-0.2, 0) is 26.6 Å². The van der Waals surface area contributed by atoms with E-state index in [4.69, 9.17) is 11.0 Å². The van der Waals surface area contributed by atoms with Crippen LogP contribution in [0.5, 0.6) is 0 Å². The van der Waals surface area contributed by atoms with Crippen LogP contribution in [0, 0.1) is 6.57 Å². The van der Waals surface area contributed by atoms with Crippen LogP contribution >= 0.6 is 0 Å². The van der Waals surface area contributed by atoms with Crippen molar-refractivity contribution in [1.82, 2.24) is 0 Å². The maximum atomic E-state index is 13.0. The monoisotopic (exact) mass is 436 g/mol. The van der Waals surface area contributed by atoms with Crippen molar-refractivity contribution in [2.24, 2.45) is 0 Å². The van der Waals surface area contributed by atoms with Gasteiger partial charge >= 0.3 is 0 Å². The number of rotatable bonds is 6. The van der Waals surface area contributed by atoms with Crippen molar-refractivity contribution >= 4 is 43.2 Å². The number of nitrogens with one attached hydrogen (secondary N) is 1. The van der Waals surface area contributed by atoms with E-state index in [-0.39, 0.29) is 27.1 Å². The van der Waals surface area contributed by atoms with Crippen molar-refractivity contribution in [1.29, 1.82) is 0 Å². The van der Waals surface area contributed by atoms with Gasteiger partial charge < -0.3 is 4.42 Å². The molecule has 0 bridgehead atoms. The largest absolute Gasteiger partial charge is 0.443 e. The molecule has 3 aromatic carbocycles. The number of fused-ring (bicyclic) bond motifs is 1. The molecule has 0 aliphatic carbocycles. The highest BCUT2D eigenvalue weighted by molar-refractivity contribution is 7.92. The van der Waals surface area contributed by atoms with Gasteiger partial charge in [-0.25, -0.2) is 4.85 Å². The predicted octanol–water partition coefficient (Wildman–Crippen LogP) is 5.09. The standard InChI is InChI=1S/C22H16N2O4S2/c1-23-18-11-12-19(21(14-18)29(25)15-16-7-3-2-4-8-16)24-30(26,27)22-13-17-9-5-6-10-20(17)28-22/h2-14,24H,15H2. The highest BCUT2D eigenvalue weighted by Crippen LogP contribution is 2.30. The van der Waals surface area contributed by atoms with E-state index < -0.39 is 20.8 Å². The molecule has 0 radical (unpaired) electrons. The first kappa shape index (κ1) is 19.9. The number of para-hydroxylation sites is 1. The van der Waals surface area contributed by atoms with Gasteiger partial charge in [-0.3, -0.25) is 8.93 Å². The molecule has 0 spiro atoms. The quantitative estimate of drug-likeness (QED) is 0.427. The summed E-state index contributed by atoms with van der Waals surface area (Å²) < 4.78 is 46.7. The lowest BCUT2D eigenvalue weighted by molar-refractivity contribution is 0.484. The molecule has 6 nitrogen and oxygen atoms in total. The average Bonchev–Trinajstić information content (AvgIpc) is 3.20. The Labute approximate surface area is 176 Å². The first-order valence-corrected chi connectivity index (χ1v) is 11.7. The molecule has 0 aliphatic heterocycles. The van der Waals surface area contributed by atoms with Gasteiger partial charge in [0.15, 0.2) is 5.69 Å². The molecule has 0 saturated heterocycles. The fourth-order valence-electron chi connectivity index (χ4n) is 2.94. The molecule has 0 fully saturated rings. The maximum Gasteiger partial charge on any atom is 0.295 e. The number of hydrogen-bond acceptors (Lipinski definition) is 4. The van der Waals surface area contributed by atoms with Crippen LogP contribution in [0.25, 0.3) is 15.8 Å². The minimum atomic E-state index is -4.05. The molecular formula is C22H16N2O4S2. The number of hydrogen-bond donors (Lipinski definition) is 1. The molecule has 1 N–H and O–H groups in total. The highest BCUT2D eigenvalue weighted by Gasteiger charge is 2.22. The van der Waals surface area contributed by atoms with E-state index in [2.05, 4.69) is 9.57 Å². The summed E-state index contributed by atoms with van der Waals surface area (Å²) in [7, 11) is -5.62. The summed E-state index contributed by atoms with van der Waals surface area (Å²) in [5.41, 5.74) is 1.72. The maximum absolute atomic E-state index is 13.0. The van der Waals surface area contributed by atoms with E-state index in [1.165, 1.54) is 24.3 Å². The molecule has 4 rings (SSSR count). The van der Waals surface area contributed by atoms with Crippen molar-refractivity contribution in [3.05, 3.63) is 95.8 Å². The van der Waals surface area contributed by atoms with Crippen molar-refractivity contribution in [2.45, 2.75) is 15.7 Å². The average molecular weight is 437 g/mol. The minimum absolute atomic E-state index is 0.150. The van der Waals surface area contributed by atoms with Crippen LogP contribution in [0.1, 0.15) is 5.56 Å². The Hall–Kier alpha value is -3.41. The molecule has 0 amide bonds. The van der Waals surface area contributed by atoms with Gasteiger partial charge in [0, 0.05) is 11.5 Å². The topological polar surface area (TPSA) is 80.7 Å². The summed E-state index contributed by atoms with van der Waals surface area (Å²) in [6, 6.07) is 22.0. The SMILES string of the molecule is [C-]#[N+]c1ccc(NS(=O)(=O)c2cc3ccccc3o2)c(S(=O)Cc2ccccc2)c1. The van der Waals surface area contributed by atoms with E-state index in [1.54, 1.807) is 24.3 Å². The van der Waals surface area contributed by atoms with Crippen molar-refractivity contribution in [3.8, 4) is 0 Å². The second kappa shape index (κ2) is 8.14. The van der Waals surface area contributed by atoms with E-state index in [9.17, 15) is 12.6 Å². The van der Waals surface area contributed by atoms with Gasteiger partial charge in [-0.1, -0.05) is 54.6 Å². The molecule has 0 saturated carbocycles. The zero-order chi connectivity index (χ0) is 21.1. The van der Waals surface area contributed by atoms with Crippen molar-refractivity contribution in [2.75, 3.05) is 4.72 Å². The van der Waals surface area contributed by atoms with Crippen molar-refractivity contribution < 1.29 is 17.0 Å². The van der Waals surface area contributed by atoms with E-state index in [0.717, 1.165) is 5.56 Å². The van der Waals surface area contributed by atoms with Crippen molar-refractivity contribution in [3.63, 3.8) is 0 Å². The van der Waals surface area contributed by atoms with Crippen LogP contribution in [0.3, 0.4) is 0 Å². The molecule has 30 heavy (non-hydrogen) atoms. The Bertz CT molecular complexity index is 1350. The van der Waals surface area contributed by atoms with Crippen LogP contribution < -0.4 is 4.72 Å². The van der Waals surface area contributed by atoms with Gasteiger partial charge in [-0.15, -0.1) is 0 Å². The van der Waals surface area contributed by atoms with E-state index in [1.807, 2.05) is 30.3 Å². The number of benzene rings is 3. The molecule has 1 aromatic heterocycles. The summed E-state index contributed by atoms with van der Waals surface area (Å²) in [5, 5.41) is 0.423. The molecule has 4 aromatic rings. The van der Waals surface area contributed by atoms with Gasteiger partial charge in [0.25, 0.3) is 10.0 Å². The fourth-order valence-corrected chi connectivity index (χ4v) is 5.32. The number of furan rings is 1. The van der Waals surface area contributed by atoms with Gasteiger partial charge in [0.2, 0.25) is 5.09 Å². The Kier molecular flexibility index (Phi) is 5.40. The zero-order valence-electron chi connectivity index (χ0n) is 15.6. The second-order valence-electron chi connectivity index (χ2n) is 6.48. The van der Waals surface area contributed by atoms with Crippen LogP contribution in [0.4, 0.5) is 11.4 Å². The first-order chi connectivity index (χ1) is 14.5. The lowest BCUT2D eigenvalue weighted by Crippen LogP contribution is -2.14. The molecule has 1 unspecified atom stereocenters. The molecule has 150 valence electrons. The normalized spacial score (nSPS) is 12.4. The Balaban J connectivity index is 1.69. The third-order valence-corrected chi connectivity index (χ3v) is 7.04. The van der Waals surface area contributed by atoms with Crippen LogP contribution in [0.2, 0.25) is 0 Å². The molecule has 1 atom stereocenters. The van der Waals surface area contributed by atoms with Crippen LogP contribution in [-0.4, -0.2) is 12.6 Å². The Morgan fingerprint density at radius 3 is 2.43 bits per heavy atom. The van der Waals surface area contributed by atoms with Gasteiger partial charge in [-0.2, -0.15) is 8.42 Å². The smallest absolute Gasteiger partial charge is 0.295 e. The third kappa shape index (κ3) is 4.13. The predicted molar refractivity (Wildman–Crippen MR) is 116 cm³/mol. The highest BCUT2D eigenvalue weighted by atomic mass is 32.2. The molecule has 8 heteroatoms. The Morgan fingerprint density at radius 1 is 0.967 bits per heavy atom. The van der Waals surface area contributed by atoms with Gasteiger partial charge in [0.05, 0.1) is 33.7 Å². The van der Waals surface area contributed by atoms with E-state index >= 15 is 0 Å². The molecule has 0 aliphatic rings. The zero-order valence-corrected chi connectivity index (χ0v) is 17.2. The number of nitrogens with zero attached hydrogens (tertiary/aromatic N) is 1. The van der Waals surface area contributed by atoms with E-state index in [0.29, 0.717) is 11.0 Å². The lowest BCUT2D eigenvalue weighted by Gasteiger charge is -2.12. The molecular weight excluding hydrogens is 420 g/mol. The van der Waals surface area contributed by atoms with Crippen LogP contribution in [0.15, 0.2) is 93.3 Å². The first-order valence-electron chi connectivity index (χ1n) is 8.91. The summed E-state index contributed by atoms with van der Waals surface area (Å²) in [6.07, 6.45) is 0. The Morgan fingerprint density at radius 2 is 1.70 bits per heavy atom. The third-order valence-electron chi connectivity index (χ3n) is 4.39. The summed E-state index contributed by atoms with van der Waals surface area (Å²) >= 11 is 0. The minimum Gasteiger partial charge on any atom is -0.443 e.